The Kier molecular flexibility index (Phi) is 3.62. The van der Waals surface area contributed by atoms with Gasteiger partial charge in [0.15, 0.2) is 0 Å². The van der Waals surface area contributed by atoms with E-state index in [1.807, 2.05) is 4.90 Å². The number of nitrogens with zero attached hydrogens (tertiary/aromatic N) is 1. The van der Waals surface area contributed by atoms with E-state index in [0.29, 0.717) is 18.5 Å². The molecular formula is C12H22N2O. The third-order valence-electron chi connectivity index (χ3n) is 3.83. The van der Waals surface area contributed by atoms with Gasteiger partial charge in [-0.1, -0.05) is 19.8 Å². The van der Waals surface area contributed by atoms with Crippen molar-refractivity contribution in [1.82, 2.24) is 10.2 Å². The van der Waals surface area contributed by atoms with Crippen molar-refractivity contribution in [3.05, 3.63) is 0 Å². The first-order valence-corrected chi connectivity index (χ1v) is 6.31. The average molecular weight is 210 g/mol. The van der Waals surface area contributed by atoms with Crippen LogP contribution in [0.15, 0.2) is 0 Å². The Labute approximate surface area is 92.2 Å². The molecule has 1 amide bonds. The van der Waals surface area contributed by atoms with Crippen molar-refractivity contribution in [3.63, 3.8) is 0 Å². The molecule has 1 N–H and O–H groups in total. The minimum atomic E-state index is 0.300. The lowest BCUT2D eigenvalue weighted by atomic mass is 9.83. The summed E-state index contributed by atoms with van der Waals surface area (Å²) in [5, 5.41) is 3.13. The molecule has 0 unspecified atom stereocenters. The van der Waals surface area contributed by atoms with Crippen LogP contribution in [0.25, 0.3) is 0 Å². The molecule has 1 saturated heterocycles. The minimum Gasteiger partial charge on any atom is -0.326 e. The number of carbonyl (C=O) groups is 1. The second-order valence-electron chi connectivity index (χ2n) is 4.91. The Morgan fingerprint density at radius 1 is 1.33 bits per heavy atom. The quantitative estimate of drug-likeness (QED) is 0.769. The number of nitrogens with one attached hydrogen (secondary N) is 1. The van der Waals surface area contributed by atoms with Gasteiger partial charge in [0.1, 0.15) is 0 Å². The second-order valence-corrected chi connectivity index (χ2v) is 4.91. The summed E-state index contributed by atoms with van der Waals surface area (Å²) in [6.45, 7) is 3.59. The van der Waals surface area contributed by atoms with E-state index in [1.165, 1.54) is 38.5 Å². The zero-order valence-electron chi connectivity index (χ0n) is 9.67. The molecule has 1 saturated carbocycles. The summed E-state index contributed by atoms with van der Waals surface area (Å²) in [4.78, 5) is 13.6. The zero-order chi connectivity index (χ0) is 10.7. The van der Waals surface area contributed by atoms with E-state index in [4.69, 9.17) is 0 Å². The fourth-order valence-corrected chi connectivity index (χ4v) is 2.96. The van der Waals surface area contributed by atoms with Gasteiger partial charge in [-0.05, 0) is 31.6 Å². The Hall–Kier alpha value is -0.570. The van der Waals surface area contributed by atoms with Crippen LogP contribution in [0.3, 0.4) is 0 Å². The van der Waals surface area contributed by atoms with Crippen molar-refractivity contribution in [1.29, 1.82) is 0 Å². The molecular weight excluding hydrogens is 188 g/mol. The first-order valence-electron chi connectivity index (χ1n) is 6.31. The lowest BCUT2D eigenvalue weighted by molar-refractivity contribution is -0.129. The highest BCUT2D eigenvalue weighted by atomic mass is 16.2. The predicted molar refractivity (Wildman–Crippen MR) is 60.4 cm³/mol. The monoisotopic (exact) mass is 210 g/mol. The molecule has 2 fully saturated rings. The molecule has 2 rings (SSSR count). The van der Waals surface area contributed by atoms with Crippen molar-refractivity contribution in [2.24, 2.45) is 5.92 Å². The van der Waals surface area contributed by atoms with Crippen molar-refractivity contribution in [2.45, 2.75) is 51.5 Å². The maximum Gasteiger partial charge on any atom is 0.237 e. The van der Waals surface area contributed by atoms with Gasteiger partial charge >= 0.3 is 0 Å². The van der Waals surface area contributed by atoms with E-state index < -0.39 is 0 Å². The fraction of sp³-hybridized carbons (Fsp3) is 0.917. The molecule has 0 bridgehead atoms. The smallest absolute Gasteiger partial charge is 0.237 e. The van der Waals surface area contributed by atoms with Gasteiger partial charge in [0.2, 0.25) is 5.91 Å². The first-order chi connectivity index (χ1) is 7.31. The molecule has 3 heteroatoms. The topological polar surface area (TPSA) is 32.3 Å². The van der Waals surface area contributed by atoms with Gasteiger partial charge in [-0.15, -0.1) is 0 Å². The highest BCUT2D eigenvalue weighted by molar-refractivity contribution is 5.80. The largest absolute Gasteiger partial charge is 0.326 e. The van der Waals surface area contributed by atoms with E-state index in [-0.39, 0.29) is 0 Å². The molecule has 0 aromatic heterocycles. The van der Waals surface area contributed by atoms with Gasteiger partial charge in [-0.25, -0.2) is 0 Å². The molecule has 1 aliphatic carbocycles. The molecule has 0 aromatic carbocycles. The SMILES string of the molecule is CCCC1CCC(N2CNCC2=O)CC1. The van der Waals surface area contributed by atoms with Crippen LogP contribution in [0.1, 0.15) is 45.4 Å². The third-order valence-corrected chi connectivity index (χ3v) is 3.83. The lowest BCUT2D eigenvalue weighted by Gasteiger charge is -2.34. The van der Waals surface area contributed by atoms with E-state index in [9.17, 15) is 4.79 Å². The maximum absolute atomic E-state index is 11.5. The number of hydrogen-bond donors (Lipinski definition) is 1. The average Bonchev–Trinajstić information content (AvgIpc) is 2.66. The van der Waals surface area contributed by atoms with Crippen LogP contribution in [0, 0.1) is 5.92 Å². The standard InChI is InChI=1S/C12H22N2O/c1-2-3-10-4-6-11(7-5-10)14-9-13-8-12(14)15/h10-11,13H,2-9H2,1H3. The molecule has 0 atom stereocenters. The van der Waals surface area contributed by atoms with Crippen molar-refractivity contribution >= 4 is 5.91 Å². The molecule has 0 spiro atoms. The van der Waals surface area contributed by atoms with Gasteiger partial charge in [0, 0.05) is 6.04 Å². The van der Waals surface area contributed by atoms with Crippen LogP contribution in [-0.2, 0) is 4.79 Å². The third kappa shape index (κ3) is 2.51. The van der Waals surface area contributed by atoms with Crippen molar-refractivity contribution in [3.8, 4) is 0 Å². The Balaban J connectivity index is 1.80. The maximum atomic E-state index is 11.5. The summed E-state index contributed by atoms with van der Waals surface area (Å²) in [6, 6.07) is 0.528. The first kappa shape index (κ1) is 10.9. The molecule has 0 radical (unpaired) electrons. The lowest BCUT2D eigenvalue weighted by Crippen LogP contribution is -2.39. The zero-order valence-corrected chi connectivity index (χ0v) is 9.67. The molecule has 1 aliphatic heterocycles. The molecule has 3 nitrogen and oxygen atoms in total. The number of carbonyl (C=O) groups excluding carboxylic acids is 1. The van der Waals surface area contributed by atoms with Crippen LogP contribution in [0.4, 0.5) is 0 Å². The fourth-order valence-electron chi connectivity index (χ4n) is 2.96. The van der Waals surface area contributed by atoms with E-state index >= 15 is 0 Å². The van der Waals surface area contributed by atoms with Crippen molar-refractivity contribution < 1.29 is 4.79 Å². The normalized spacial score (nSPS) is 32.3. The van der Waals surface area contributed by atoms with Crippen LogP contribution in [0.5, 0.6) is 0 Å². The van der Waals surface area contributed by atoms with Gasteiger partial charge in [0.25, 0.3) is 0 Å². The van der Waals surface area contributed by atoms with Gasteiger partial charge in [-0.2, -0.15) is 0 Å². The minimum absolute atomic E-state index is 0.300. The highest BCUT2D eigenvalue weighted by Gasteiger charge is 2.30. The summed E-state index contributed by atoms with van der Waals surface area (Å²) < 4.78 is 0. The highest BCUT2D eigenvalue weighted by Crippen LogP contribution is 2.30. The molecule has 0 aromatic rings. The Bertz CT molecular complexity index is 222. The molecule has 1 heterocycles. The summed E-state index contributed by atoms with van der Waals surface area (Å²) >= 11 is 0. The molecule has 2 aliphatic rings. The summed E-state index contributed by atoms with van der Waals surface area (Å²) in [7, 11) is 0. The van der Waals surface area contributed by atoms with E-state index in [0.717, 1.165) is 12.6 Å². The van der Waals surface area contributed by atoms with Crippen molar-refractivity contribution in [2.75, 3.05) is 13.2 Å². The Morgan fingerprint density at radius 2 is 2.07 bits per heavy atom. The number of amides is 1. The predicted octanol–water partition coefficient (Wildman–Crippen LogP) is 1.73. The number of rotatable bonds is 3. The van der Waals surface area contributed by atoms with Gasteiger partial charge in [-0.3, -0.25) is 10.1 Å². The summed E-state index contributed by atoms with van der Waals surface area (Å²) in [5.74, 6) is 1.23. The van der Waals surface area contributed by atoms with Crippen LogP contribution in [0.2, 0.25) is 0 Å². The van der Waals surface area contributed by atoms with Crippen LogP contribution < -0.4 is 5.32 Å². The van der Waals surface area contributed by atoms with Crippen LogP contribution >= 0.6 is 0 Å². The second kappa shape index (κ2) is 4.97. The van der Waals surface area contributed by atoms with E-state index in [1.54, 1.807) is 0 Å². The van der Waals surface area contributed by atoms with Gasteiger partial charge < -0.3 is 4.90 Å². The Morgan fingerprint density at radius 3 is 2.60 bits per heavy atom. The molecule has 86 valence electrons. The van der Waals surface area contributed by atoms with Gasteiger partial charge in [0.05, 0.1) is 13.2 Å². The van der Waals surface area contributed by atoms with E-state index in [2.05, 4.69) is 12.2 Å². The van der Waals surface area contributed by atoms with Crippen LogP contribution in [-0.4, -0.2) is 30.1 Å². The molecule has 15 heavy (non-hydrogen) atoms. The number of hydrogen-bond acceptors (Lipinski definition) is 2. The summed E-state index contributed by atoms with van der Waals surface area (Å²) in [6.07, 6.45) is 7.76. The summed E-state index contributed by atoms with van der Waals surface area (Å²) in [5.41, 5.74) is 0.